The van der Waals surface area contributed by atoms with Gasteiger partial charge >= 0.3 is 6.03 Å². The second-order valence-corrected chi connectivity index (χ2v) is 10.3. The van der Waals surface area contributed by atoms with Gasteiger partial charge in [0.1, 0.15) is 5.82 Å². The first-order chi connectivity index (χ1) is 18.1. The Kier molecular flexibility index (Phi) is 5.03. The number of hydrogen-bond acceptors (Lipinski definition) is 2. The van der Waals surface area contributed by atoms with Crippen molar-refractivity contribution in [1.29, 1.82) is 0 Å². The molecule has 3 aliphatic carbocycles. The number of aromatic nitrogens is 2. The molecule has 7 rings (SSSR count). The van der Waals surface area contributed by atoms with Crippen molar-refractivity contribution in [3.8, 4) is 5.69 Å². The minimum Gasteiger partial charge on any atom is -0.331 e. The number of rotatable bonds is 3. The lowest BCUT2D eigenvalue weighted by atomic mass is 9.58. The first-order valence-electron chi connectivity index (χ1n) is 12.9. The van der Waals surface area contributed by atoms with Crippen LogP contribution in [0.1, 0.15) is 50.5 Å². The van der Waals surface area contributed by atoms with Gasteiger partial charge in [0.25, 0.3) is 0 Å². The topological polar surface area (TPSA) is 59.0 Å². The van der Waals surface area contributed by atoms with Crippen LogP contribution in [0.4, 0.5) is 14.9 Å². The van der Waals surface area contributed by atoms with Gasteiger partial charge in [0.05, 0.1) is 23.6 Å². The third-order valence-corrected chi connectivity index (χ3v) is 8.44. The van der Waals surface area contributed by atoms with Crippen molar-refractivity contribution >= 4 is 17.8 Å². The molecule has 0 radical (unpaired) electrons. The monoisotopic (exact) mass is 494 g/mol. The van der Waals surface area contributed by atoms with Crippen LogP contribution in [-0.4, -0.2) is 15.8 Å². The second kappa shape index (κ2) is 8.44. The summed E-state index contributed by atoms with van der Waals surface area (Å²) < 4.78 is 15.4. The molecule has 1 fully saturated rings. The minimum absolute atomic E-state index is 0. The number of nitrogens with one attached hydrogen (secondary N) is 2. The average molecular weight is 495 g/mol. The summed E-state index contributed by atoms with van der Waals surface area (Å²) in [6.45, 7) is 0. The summed E-state index contributed by atoms with van der Waals surface area (Å²) in [6.07, 6.45) is 8.19. The number of fused-ring (bicyclic) bond motifs is 2. The smallest absolute Gasteiger partial charge is 0.319 e. The number of allylic oxidation sites excluding steroid dienone is 1. The Morgan fingerprint density at radius 2 is 1.81 bits per heavy atom. The van der Waals surface area contributed by atoms with Gasteiger partial charge in [-0.2, -0.15) is 5.10 Å². The lowest BCUT2D eigenvalue weighted by Gasteiger charge is -2.47. The molecule has 1 heterocycles. The minimum atomic E-state index is -0.250. The largest absolute Gasteiger partial charge is 0.331 e. The van der Waals surface area contributed by atoms with Gasteiger partial charge in [-0.1, -0.05) is 48.0 Å². The van der Waals surface area contributed by atoms with Gasteiger partial charge in [0.2, 0.25) is 0 Å². The Morgan fingerprint density at radius 3 is 2.65 bits per heavy atom. The fourth-order valence-electron chi connectivity index (χ4n) is 6.86. The highest BCUT2D eigenvalue weighted by Gasteiger charge is 2.54. The van der Waals surface area contributed by atoms with Crippen LogP contribution in [0, 0.1) is 11.7 Å². The summed E-state index contributed by atoms with van der Waals surface area (Å²) in [5, 5.41) is 10.9. The van der Waals surface area contributed by atoms with E-state index < -0.39 is 0 Å². The molecule has 0 saturated heterocycles. The summed E-state index contributed by atoms with van der Waals surface area (Å²) >= 11 is 0. The zero-order chi connectivity index (χ0) is 25.0. The number of carbonyl (C=O) groups excluding carboxylic acids is 1. The Bertz CT molecular complexity index is 1540. The van der Waals surface area contributed by atoms with Gasteiger partial charge in [-0.3, -0.25) is 0 Å². The molecule has 0 bridgehead atoms. The third-order valence-electron chi connectivity index (χ3n) is 8.44. The predicted molar refractivity (Wildman–Crippen MR) is 146 cm³/mol. The molecule has 4 aromatic rings. The summed E-state index contributed by atoms with van der Waals surface area (Å²) in [5.41, 5.74) is 7.83. The highest BCUT2D eigenvalue weighted by atomic mass is 19.1. The molecule has 188 valence electrons. The van der Waals surface area contributed by atoms with Crippen LogP contribution in [0.3, 0.4) is 0 Å². The molecular weight excluding hydrogens is 463 g/mol. The maximum Gasteiger partial charge on any atom is 0.319 e. The molecule has 3 atom stereocenters. The number of anilines is 1. The lowest BCUT2D eigenvalue weighted by Crippen LogP contribution is -2.45. The van der Waals surface area contributed by atoms with Gasteiger partial charge in [-0.25, -0.2) is 13.9 Å². The maximum absolute atomic E-state index is 13.5. The summed E-state index contributed by atoms with van der Waals surface area (Å²) in [7, 11) is 0. The lowest BCUT2D eigenvalue weighted by molar-refractivity contribution is 0.233. The normalized spacial score (nSPS) is 23.2. The van der Waals surface area contributed by atoms with Gasteiger partial charge < -0.3 is 10.6 Å². The maximum atomic E-state index is 13.5. The van der Waals surface area contributed by atoms with Crippen molar-refractivity contribution in [2.24, 2.45) is 5.92 Å². The van der Waals surface area contributed by atoms with E-state index in [4.69, 9.17) is 5.10 Å². The third kappa shape index (κ3) is 3.50. The number of para-hydroxylation sites is 1. The molecule has 1 aromatic heterocycles. The van der Waals surface area contributed by atoms with Crippen molar-refractivity contribution in [1.82, 2.24) is 15.1 Å². The van der Waals surface area contributed by atoms with E-state index in [9.17, 15) is 9.18 Å². The fraction of sp³-hybridized carbons (Fsp3) is 0.226. The van der Waals surface area contributed by atoms with Crippen LogP contribution in [0.2, 0.25) is 0 Å². The highest BCUT2D eigenvalue weighted by Crippen LogP contribution is 2.60. The van der Waals surface area contributed by atoms with E-state index in [2.05, 4.69) is 41.0 Å². The molecule has 37 heavy (non-hydrogen) atoms. The first kappa shape index (κ1) is 22.0. The number of nitrogens with zero attached hydrogens (tertiary/aromatic N) is 2. The SMILES string of the molecule is O=C(Nc1ccccc1)NC1C[C@H]2CCC3=Cc4c(cnn4-c4ccc(F)cc4)C[C@@]32c2ccccc21.[HH].[HH]. The Balaban J connectivity index is 0.00000154. The highest BCUT2D eigenvalue weighted by molar-refractivity contribution is 5.89. The zero-order valence-electron chi connectivity index (χ0n) is 20.3. The Hall–Kier alpha value is -4.19. The molecule has 6 heteroatoms. The van der Waals surface area contributed by atoms with E-state index in [-0.39, 0.29) is 26.2 Å². The number of carbonyl (C=O) groups is 1. The van der Waals surface area contributed by atoms with Crippen LogP contribution in [0.25, 0.3) is 11.8 Å². The van der Waals surface area contributed by atoms with E-state index in [1.54, 1.807) is 12.1 Å². The molecule has 2 amide bonds. The molecule has 3 aliphatic rings. The number of amides is 2. The number of halogens is 1. The van der Waals surface area contributed by atoms with Crippen molar-refractivity contribution in [2.45, 2.75) is 37.1 Å². The van der Waals surface area contributed by atoms with Crippen molar-refractivity contribution in [2.75, 3.05) is 5.32 Å². The van der Waals surface area contributed by atoms with E-state index in [0.717, 1.165) is 42.8 Å². The van der Waals surface area contributed by atoms with Crippen LogP contribution < -0.4 is 10.6 Å². The average Bonchev–Trinajstić information content (AvgIpc) is 3.50. The fourth-order valence-corrected chi connectivity index (χ4v) is 6.86. The van der Waals surface area contributed by atoms with Gasteiger partial charge in [-0.15, -0.1) is 0 Å². The molecule has 2 N–H and O–H groups in total. The molecule has 5 nitrogen and oxygen atoms in total. The predicted octanol–water partition coefficient (Wildman–Crippen LogP) is 7.06. The van der Waals surface area contributed by atoms with E-state index in [1.165, 1.54) is 34.4 Å². The second-order valence-electron chi connectivity index (χ2n) is 10.3. The Morgan fingerprint density at radius 1 is 1.03 bits per heavy atom. The standard InChI is InChI=1S/C31H27FN4O.2H2/c32-23-12-14-25(15-13-23)36-29-17-22-11-10-21-16-28(35-30(37)34-24-6-2-1-3-7-24)26-8-4-5-9-27(26)31(21,22)18-20(29)19-33-36;;/h1-9,12-15,17,19,21,28H,10-11,16,18H2,(H2,34,35,37);2*1H/t21-,28?,31+;;/m1../s1. The first-order valence-corrected chi connectivity index (χ1v) is 12.9. The quantitative estimate of drug-likeness (QED) is 0.320. The summed E-state index contributed by atoms with van der Waals surface area (Å²) in [6, 6.07) is 24.4. The Labute approximate surface area is 218 Å². The van der Waals surface area contributed by atoms with Crippen LogP contribution >= 0.6 is 0 Å². The molecular formula is C31H31FN4O. The van der Waals surface area contributed by atoms with E-state index >= 15 is 0 Å². The summed E-state index contributed by atoms with van der Waals surface area (Å²) in [5.74, 6) is 0.179. The zero-order valence-corrected chi connectivity index (χ0v) is 20.3. The molecule has 1 unspecified atom stereocenters. The van der Waals surface area contributed by atoms with Crippen molar-refractivity contribution in [3.05, 3.63) is 119 Å². The van der Waals surface area contributed by atoms with Crippen molar-refractivity contribution < 1.29 is 12.0 Å². The number of urea groups is 1. The summed E-state index contributed by atoms with van der Waals surface area (Å²) in [4.78, 5) is 12.9. The van der Waals surface area contributed by atoms with E-state index in [0.29, 0.717) is 5.92 Å². The molecule has 1 spiro atoms. The molecule has 1 saturated carbocycles. The van der Waals surface area contributed by atoms with Gasteiger partial charge in [0, 0.05) is 14.0 Å². The van der Waals surface area contributed by atoms with Crippen LogP contribution in [0.5, 0.6) is 0 Å². The van der Waals surface area contributed by atoms with E-state index in [1.807, 2.05) is 41.2 Å². The van der Waals surface area contributed by atoms with Gasteiger partial charge in [-0.05, 0) is 90.8 Å². The van der Waals surface area contributed by atoms with Gasteiger partial charge in [0.15, 0.2) is 0 Å². The number of hydrogen-bond donors (Lipinski definition) is 2. The van der Waals surface area contributed by atoms with Crippen molar-refractivity contribution in [3.63, 3.8) is 0 Å². The van der Waals surface area contributed by atoms with Crippen LogP contribution in [0.15, 0.2) is 90.6 Å². The molecule has 3 aromatic carbocycles. The number of benzene rings is 3. The van der Waals surface area contributed by atoms with Crippen LogP contribution in [-0.2, 0) is 11.8 Å². The molecule has 0 aliphatic heterocycles.